The number of para-hydroxylation sites is 1. The zero-order valence-electron chi connectivity index (χ0n) is 22.8. The molecule has 0 fully saturated rings. The van der Waals surface area contributed by atoms with Crippen LogP contribution in [-0.2, 0) is 20.9 Å². The van der Waals surface area contributed by atoms with Crippen LogP contribution in [0.2, 0.25) is 0 Å². The van der Waals surface area contributed by atoms with Crippen LogP contribution in [0.3, 0.4) is 0 Å². The minimum absolute atomic E-state index is 0.204. The highest BCUT2D eigenvalue weighted by Gasteiger charge is 2.13. The van der Waals surface area contributed by atoms with Crippen LogP contribution in [0.5, 0.6) is 11.5 Å². The van der Waals surface area contributed by atoms with Crippen molar-refractivity contribution >= 4 is 29.6 Å². The first kappa shape index (κ1) is 28.9. The molecule has 0 saturated carbocycles. The Morgan fingerprint density at radius 1 is 0.923 bits per heavy atom. The molecule has 0 bridgehead atoms. The zero-order chi connectivity index (χ0) is 28.4. The molecule has 3 amide bonds. The number of hydrazone groups is 1. The lowest BCUT2D eigenvalue weighted by Crippen LogP contribution is -2.37. The van der Waals surface area contributed by atoms with Crippen molar-refractivity contribution in [3.63, 3.8) is 0 Å². The molecule has 39 heavy (non-hydrogen) atoms. The summed E-state index contributed by atoms with van der Waals surface area (Å²) in [7, 11) is 1.47. The molecule has 0 atom stereocenters. The van der Waals surface area contributed by atoms with Gasteiger partial charge in [-0.15, -0.1) is 0 Å². The van der Waals surface area contributed by atoms with Crippen molar-refractivity contribution < 1.29 is 23.9 Å². The van der Waals surface area contributed by atoms with Crippen LogP contribution in [0.1, 0.15) is 47.6 Å². The molecule has 3 aromatic carbocycles. The third-order valence-corrected chi connectivity index (χ3v) is 5.98. The molecule has 3 N–H and O–H groups in total. The Labute approximate surface area is 228 Å². The van der Waals surface area contributed by atoms with Crippen LogP contribution in [-0.4, -0.2) is 37.7 Å². The maximum Gasteiger partial charge on any atom is 0.329 e. The summed E-state index contributed by atoms with van der Waals surface area (Å²) in [6.07, 6.45) is 1.37. The maximum atomic E-state index is 12.4. The number of hydrogen-bond acceptors (Lipinski definition) is 6. The summed E-state index contributed by atoms with van der Waals surface area (Å²) in [5.41, 5.74) is 7.58. The van der Waals surface area contributed by atoms with Gasteiger partial charge in [-0.25, -0.2) is 5.43 Å². The van der Waals surface area contributed by atoms with E-state index in [4.69, 9.17) is 9.47 Å². The minimum Gasteiger partial charge on any atom is -0.493 e. The normalized spacial score (nSPS) is 10.8. The molecule has 9 heteroatoms. The van der Waals surface area contributed by atoms with Crippen molar-refractivity contribution in [3.05, 3.63) is 88.5 Å². The molecular formula is C30H34N4O5. The summed E-state index contributed by atoms with van der Waals surface area (Å²) in [6, 6.07) is 18.6. The predicted octanol–water partition coefficient (Wildman–Crippen LogP) is 4.22. The Morgan fingerprint density at radius 3 is 2.26 bits per heavy atom. The third-order valence-electron chi connectivity index (χ3n) is 5.98. The molecule has 0 radical (unpaired) electrons. The fourth-order valence-corrected chi connectivity index (χ4v) is 3.71. The molecule has 9 nitrogen and oxygen atoms in total. The van der Waals surface area contributed by atoms with E-state index in [1.807, 2.05) is 56.3 Å². The van der Waals surface area contributed by atoms with Crippen molar-refractivity contribution in [3.8, 4) is 11.5 Å². The predicted molar refractivity (Wildman–Crippen MR) is 151 cm³/mol. The molecule has 0 aliphatic rings. The molecule has 0 unspecified atom stereocenters. The van der Waals surface area contributed by atoms with Gasteiger partial charge < -0.3 is 20.1 Å². The van der Waals surface area contributed by atoms with Crippen LogP contribution in [0, 0.1) is 13.8 Å². The number of anilines is 1. The van der Waals surface area contributed by atoms with Gasteiger partial charge in [0.1, 0.15) is 0 Å². The Balaban J connectivity index is 1.49. The van der Waals surface area contributed by atoms with Crippen molar-refractivity contribution in [2.24, 2.45) is 5.10 Å². The number of aryl methyl sites for hydroxylation is 2. The second-order valence-corrected chi connectivity index (χ2v) is 9.29. The lowest BCUT2D eigenvalue weighted by Gasteiger charge is -2.13. The lowest BCUT2D eigenvalue weighted by molar-refractivity contribution is -0.139. The quantitative estimate of drug-likeness (QED) is 0.206. The van der Waals surface area contributed by atoms with E-state index in [0.29, 0.717) is 23.0 Å². The Bertz CT molecular complexity index is 1330. The van der Waals surface area contributed by atoms with Gasteiger partial charge in [-0.3, -0.25) is 14.4 Å². The van der Waals surface area contributed by atoms with Crippen LogP contribution >= 0.6 is 0 Å². The smallest absolute Gasteiger partial charge is 0.329 e. The molecular weight excluding hydrogens is 496 g/mol. The Kier molecular flexibility index (Phi) is 10.2. The Morgan fingerprint density at radius 2 is 1.62 bits per heavy atom. The summed E-state index contributed by atoms with van der Waals surface area (Å²) in [4.78, 5) is 36.6. The second-order valence-electron chi connectivity index (χ2n) is 9.29. The van der Waals surface area contributed by atoms with E-state index in [2.05, 4.69) is 35.0 Å². The molecule has 3 aromatic rings. The first-order valence-corrected chi connectivity index (χ1v) is 12.5. The Hall–Kier alpha value is -4.66. The number of carbonyl (C=O) groups is 3. The van der Waals surface area contributed by atoms with Crippen molar-refractivity contribution in [1.82, 2.24) is 10.7 Å². The molecule has 0 aliphatic heterocycles. The van der Waals surface area contributed by atoms with Gasteiger partial charge in [-0.1, -0.05) is 56.3 Å². The lowest BCUT2D eigenvalue weighted by atomic mass is 10.0. The van der Waals surface area contributed by atoms with Gasteiger partial charge in [0, 0.05) is 12.2 Å². The number of carbonyl (C=O) groups excluding carboxylic acids is 3. The van der Waals surface area contributed by atoms with Gasteiger partial charge in [0.2, 0.25) is 0 Å². The summed E-state index contributed by atoms with van der Waals surface area (Å²) < 4.78 is 11.0. The summed E-state index contributed by atoms with van der Waals surface area (Å²) in [6.45, 7) is 8.09. The number of benzene rings is 3. The number of nitrogens with zero attached hydrogens (tertiary/aromatic N) is 1. The van der Waals surface area contributed by atoms with E-state index < -0.39 is 11.8 Å². The van der Waals surface area contributed by atoms with Gasteiger partial charge in [0.15, 0.2) is 18.1 Å². The largest absolute Gasteiger partial charge is 0.493 e. The topological polar surface area (TPSA) is 118 Å². The summed E-state index contributed by atoms with van der Waals surface area (Å²) in [5.74, 6) is -0.801. The van der Waals surface area contributed by atoms with E-state index in [0.717, 1.165) is 22.4 Å². The average molecular weight is 531 g/mol. The fraction of sp³-hybridized carbons (Fsp3) is 0.267. The number of nitrogens with one attached hydrogen (secondary N) is 3. The van der Waals surface area contributed by atoms with Crippen molar-refractivity contribution in [2.45, 2.75) is 40.2 Å². The zero-order valence-corrected chi connectivity index (χ0v) is 22.8. The van der Waals surface area contributed by atoms with E-state index in [9.17, 15) is 14.4 Å². The van der Waals surface area contributed by atoms with E-state index in [1.165, 1.54) is 18.9 Å². The molecule has 0 aromatic heterocycles. The molecule has 0 aliphatic carbocycles. The van der Waals surface area contributed by atoms with E-state index in [1.54, 1.807) is 18.2 Å². The number of ether oxygens (including phenoxy) is 2. The van der Waals surface area contributed by atoms with Crippen LogP contribution in [0.15, 0.2) is 65.8 Å². The van der Waals surface area contributed by atoms with E-state index in [-0.39, 0.29) is 19.1 Å². The molecule has 0 spiro atoms. The van der Waals surface area contributed by atoms with Gasteiger partial charge in [-0.2, -0.15) is 5.10 Å². The van der Waals surface area contributed by atoms with Crippen molar-refractivity contribution in [2.75, 3.05) is 19.0 Å². The molecule has 204 valence electrons. The second kappa shape index (κ2) is 13.8. The molecule has 0 heterocycles. The SMILES string of the molecule is COc1cc(/C=N\NC(=O)C(=O)NCc2ccc(C(C)C)cc2)ccc1OCC(=O)Nc1c(C)cccc1C. The van der Waals surface area contributed by atoms with Crippen LogP contribution in [0.25, 0.3) is 0 Å². The monoisotopic (exact) mass is 530 g/mol. The number of hydrogen-bond donors (Lipinski definition) is 3. The highest BCUT2D eigenvalue weighted by Crippen LogP contribution is 2.28. The number of amides is 3. The number of rotatable bonds is 10. The maximum absolute atomic E-state index is 12.4. The third kappa shape index (κ3) is 8.43. The first-order chi connectivity index (χ1) is 18.7. The standard InChI is InChI=1S/C30H34N4O5/c1-19(2)24-12-9-22(10-13-24)16-31-29(36)30(37)34-32-17-23-11-14-25(26(15-23)38-5)39-18-27(35)33-28-20(3)7-6-8-21(28)4/h6-15,17,19H,16,18H2,1-5H3,(H,31,36)(H,33,35)(H,34,37)/b32-17-. The highest BCUT2D eigenvalue weighted by atomic mass is 16.5. The minimum atomic E-state index is -0.883. The van der Waals surface area contributed by atoms with Crippen molar-refractivity contribution in [1.29, 1.82) is 0 Å². The number of methoxy groups -OCH3 is 1. The molecule has 3 rings (SSSR count). The average Bonchev–Trinajstić information content (AvgIpc) is 2.93. The van der Waals surface area contributed by atoms with Gasteiger partial charge in [-0.05, 0) is 65.8 Å². The molecule has 0 saturated heterocycles. The van der Waals surface area contributed by atoms with Crippen LogP contribution < -0.4 is 25.5 Å². The summed E-state index contributed by atoms with van der Waals surface area (Å²) in [5, 5.41) is 9.29. The van der Waals surface area contributed by atoms with Gasteiger partial charge in [0.25, 0.3) is 5.91 Å². The van der Waals surface area contributed by atoms with Crippen LogP contribution in [0.4, 0.5) is 5.69 Å². The fourth-order valence-electron chi connectivity index (χ4n) is 3.71. The highest BCUT2D eigenvalue weighted by molar-refractivity contribution is 6.35. The van der Waals surface area contributed by atoms with Gasteiger partial charge >= 0.3 is 11.8 Å². The first-order valence-electron chi connectivity index (χ1n) is 12.5. The van der Waals surface area contributed by atoms with Gasteiger partial charge in [0.05, 0.1) is 13.3 Å². The van der Waals surface area contributed by atoms with E-state index >= 15 is 0 Å². The summed E-state index contributed by atoms with van der Waals surface area (Å²) >= 11 is 0.